The van der Waals surface area contributed by atoms with Gasteiger partial charge in [-0.2, -0.15) is 0 Å². The summed E-state index contributed by atoms with van der Waals surface area (Å²) < 4.78 is 28.8. The van der Waals surface area contributed by atoms with Gasteiger partial charge in [0.05, 0.1) is 10.6 Å². The Labute approximate surface area is 243 Å². The molecule has 3 aromatic carbocycles. The number of amides is 2. The van der Waals surface area contributed by atoms with Gasteiger partial charge in [0.25, 0.3) is 10.0 Å². The third-order valence-corrected chi connectivity index (χ3v) is 9.24. The molecule has 0 aliphatic heterocycles. The Balaban J connectivity index is 2.08. The zero-order valence-electron chi connectivity index (χ0n) is 23.7. The van der Waals surface area contributed by atoms with Gasteiger partial charge in [-0.05, 0) is 74.6 Å². The number of hydrogen-bond donors (Lipinski definition) is 1. The predicted molar refractivity (Wildman–Crippen MR) is 161 cm³/mol. The van der Waals surface area contributed by atoms with Crippen molar-refractivity contribution in [1.29, 1.82) is 0 Å². The lowest BCUT2D eigenvalue weighted by molar-refractivity contribution is -0.140. The number of hydrogen-bond acceptors (Lipinski definition) is 4. The second kappa shape index (κ2) is 13.8. The van der Waals surface area contributed by atoms with E-state index < -0.39 is 28.5 Å². The van der Waals surface area contributed by atoms with E-state index in [0.717, 1.165) is 27.4 Å². The molecule has 3 aromatic rings. The molecule has 1 N–H and O–H groups in total. The molecule has 214 valence electrons. The SMILES string of the molecule is CC[C@@H](C)NC(=O)[C@H](CC)N(Cc1ccccc1C)C(=O)CN(c1ccc(C)c(Cl)c1)S(=O)(=O)c1ccccc1. The second-order valence-corrected chi connectivity index (χ2v) is 12.2. The molecular weight excluding hydrogens is 546 g/mol. The Bertz CT molecular complexity index is 1430. The molecule has 0 spiro atoms. The van der Waals surface area contributed by atoms with Crippen LogP contribution in [0.5, 0.6) is 0 Å². The van der Waals surface area contributed by atoms with E-state index in [1.54, 1.807) is 36.4 Å². The maximum Gasteiger partial charge on any atom is 0.264 e. The van der Waals surface area contributed by atoms with Crippen molar-refractivity contribution in [3.63, 3.8) is 0 Å². The minimum Gasteiger partial charge on any atom is -0.352 e. The summed E-state index contributed by atoms with van der Waals surface area (Å²) in [6, 6.07) is 19.6. The zero-order valence-corrected chi connectivity index (χ0v) is 25.3. The number of nitrogens with one attached hydrogen (secondary N) is 1. The van der Waals surface area contributed by atoms with Crippen molar-refractivity contribution in [3.8, 4) is 0 Å². The fourth-order valence-electron chi connectivity index (χ4n) is 4.32. The molecule has 0 saturated heterocycles. The van der Waals surface area contributed by atoms with E-state index in [1.807, 2.05) is 58.9 Å². The minimum atomic E-state index is -4.14. The Morgan fingerprint density at radius 3 is 2.15 bits per heavy atom. The van der Waals surface area contributed by atoms with Crippen molar-refractivity contribution in [3.05, 3.63) is 94.5 Å². The van der Waals surface area contributed by atoms with Crippen LogP contribution in [-0.2, 0) is 26.2 Å². The van der Waals surface area contributed by atoms with Crippen LogP contribution in [0, 0.1) is 13.8 Å². The third-order valence-electron chi connectivity index (χ3n) is 7.04. The van der Waals surface area contributed by atoms with Crippen molar-refractivity contribution >= 4 is 39.1 Å². The van der Waals surface area contributed by atoms with Gasteiger partial charge in [-0.25, -0.2) is 8.42 Å². The van der Waals surface area contributed by atoms with Crippen LogP contribution in [0.1, 0.15) is 50.3 Å². The maximum atomic E-state index is 14.1. The highest BCUT2D eigenvalue weighted by Crippen LogP contribution is 2.29. The highest BCUT2D eigenvalue weighted by atomic mass is 35.5. The van der Waals surface area contributed by atoms with Gasteiger partial charge >= 0.3 is 0 Å². The summed E-state index contributed by atoms with van der Waals surface area (Å²) >= 11 is 6.38. The van der Waals surface area contributed by atoms with Crippen molar-refractivity contribution in [2.45, 2.75) is 71.0 Å². The number of carbonyl (C=O) groups excluding carboxylic acids is 2. The topological polar surface area (TPSA) is 86.8 Å². The molecule has 0 radical (unpaired) electrons. The first kappa shape index (κ1) is 31.2. The molecule has 0 aliphatic carbocycles. The number of halogens is 1. The first-order chi connectivity index (χ1) is 19.0. The van der Waals surface area contributed by atoms with Crippen LogP contribution in [0.15, 0.2) is 77.7 Å². The summed E-state index contributed by atoms with van der Waals surface area (Å²) in [5, 5.41) is 3.37. The molecule has 0 fully saturated rings. The van der Waals surface area contributed by atoms with Crippen LogP contribution in [0.3, 0.4) is 0 Å². The first-order valence-electron chi connectivity index (χ1n) is 13.5. The van der Waals surface area contributed by atoms with E-state index in [4.69, 9.17) is 11.6 Å². The highest BCUT2D eigenvalue weighted by molar-refractivity contribution is 7.92. The van der Waals surface area contributed by atoms with Gasteiger partial charge in [0.1, 0.15) is 12.6 Å². The minimum absolute atomic E-state index is 0.0477. The summed E-state index contributed by atoms with van der Waals surface area (Å²) in [6.45, 7) is 9.14. The fraction of sp³-hybridized carbons (Fsp3) is 0.355. The van der Waals surface area contributed by atoms with E-state index in [0.29, 0.717) is 11.4 Å². The number of anilines is 1. The summed E-state index contributed by atoms with van der Waals surface area (Å²) in [5.74, 6) is -0.764. The summed E-state index contributed by atoms with van der Waals surface area (Å²) in [5.41, 5.74) is 2.89. The van der Waals surface area contributed by atoms with Crippen LogP contribution < -0.4 is 9.62 Å². The lowest BCUT2D eigenvalue weighted by Gasteiger charge is -2.34. The summed E-state index contributed by atoms with van der Waals surface area (Å²) in [4.78, 5) is 29.0. The fourth-order valence-corrected chi connectivity index (χ4v) is 5.92. The molecule has 0 aromatic heterocycles. The largest absolute Gasteiger partial charge is 0.352 e. The van der Waals surface area contributed by atoms with Crippen LogP contribution in [0.25, 0.3) is 0 Å². The number of aryl methyl sites for hydroxylation is 2. The summed E-state index contributed by atoms with van der Waals surface area (Å²) in [6.07, 6.45) is 1.10. The average Bonchev–Trinajstić information content (AvgIpc) is 2.94. The normalized spacial score (nSPS) is 12.8. The van der Waals surface area contributed by atoms with Gasteiger partial charge in [-0.3, -0.25) is 13.9 Å². The van der Waals surface area contributed by atoms with Gasteiger partial charge in [0.2, 0.25) is 11.8 Å². The number of sulfonamides is 1. The standard InChI is InChI=1S/C31H38ClN3O4S/c1-6-24(5)33-31(37)29(7-2)34(20-25-14-12-11-13-22(25)3)30(36)21-35(26-18-17-23(4)28(32)19-26)40(38,39)27-15-9-8-10-16-27/h8-19,24,29H,6-7,20-21H2,1-5H3,(H,33,37)/t24-,29+/m1/s1. The van der Waals surface area contributed by atoms with E-state index in [2.05, 4.69) is 5.32 Å². The number of nitrogens with zero attached hydrogens (tertiary/aromatic N) is 2. The lowest BCUT2D eigenvalue weighted by Crippen LogP contribution is -2.53. The van der Waals surface area contributed by atoms with E-state index in [-0.39, 0.29) is 29.1 Å². The van der Waals surface area contributed by atoms with Gasteiger partial charge in [0, 0.05) is 17.6 Å². The van der Waals surface area contributed by atoms with E-state index in [9.17, 15) is 18.0 Å². The van der Waals surface area contributed by atoms with Crippen molar-refractivity contribution in [2.75, 3.05) is 10.8 Å². The number of carbonyl (C=O) groups is 2. The number of benzene rings is 3. The average molecular weight is 584 g/mol. The lowest BCUT2D eigenvalue weighted by atomic mass is 10.1. The molecule has 0 aliphatic rings. The highest BCUT2D eigenvalue weighted by Gasteiger charge is 2.34. The Morgan fingerprint density at radius 1 is 0.900 bits per heavy atom. The molecule has 7 nitrogen and oxygen atoms in total. The molecule has 0 bridgehead atoms. The Morgan fingerprint density at radius 2 is 1.55 bits per heavy atom. The Kier molecular flexibility index (Phi) is 10.8. The molecule has 2 amide bonds. The first-order valence-corrected chi connectivity index (χ1v) is 15.3. The molecule has 0 saturated carbocycles. The molecule has 0 unspecified atom stereocenters. The van der Waals surface area contributed by atoms with E-state index >= 15 is 0 Å². The predicted octanol–water partition coefficient (Wildman–Crippen LogP) is 5.87. The van der Waals surface area contributed by atoms with Crippen LogP contribution in [-0.4, -0.2) is 43.8 Å². The van der Waals surface area contributed by atoms with Gasteiger partial charge in [-0.1, -0.05) is 74.0 Å². The monoisotopic (exact) mass is 583 g/mol. The molecule has 9 heteroatoms. The van der Waals surface area contributed by atoms with E-state index in [1.165, 1.54) is 17.0 Å². The smallest absolute Gasteiger partial charge is 0.264 e. The van der Waals surface area contributed by atoms with Gasteiger partial charge in [-0.15, -0.1) is 0 Å². The van der Waals surface area contributed by atoms with Crippen molar-refractivity contribution in [2.24, 2.45) is 0 Å². The third kappa shape index (κ3) is 7.43. The quantitative estimate of drug-likeness (QED) is 0.289. The second-order valence-electron chi connectivity index (χ2n) is 9.95. The molecule has 2 atom stereocenters. The van der Waals surface area contributed by atoms with Gasteiger partial charge < -0.3 is 10.2 Å². The van der Waals surface area contributed by atoms with Crippen LogP contribution >= 0.6 is 11.6 Å². The maximum absolute atomic E-state index is 14.1. The van der Waals surface area contributed by atoms with Crippen LogP contribution in [0.2, 0.25) is 5.02 Å². The molecular formula is C31H38ClN3O4S. The zero-order chi connectivity index (χ0) is 29.4. The van der Waals surface area contributed by atoms with Crippen LogP contribution in [0.4, 0.5) is 5.69 Å². The Hall–Kier alpha value is -3.36. The summed E-state index contributed by atoms with van der Waals surface area (Å²) in [7, 11) is -4.14. The molecule has 3 rings (SSSR count). The molecule has 40 heavy (non-hydrogen) atoms. The van der Waals surface area contributed by atoms with Crippen molar-refractivity contribution in [1.82, 2.24) is 10.2 Å². The van der Waals surface area contributed by atoms with Crippen molar-refractivity contribution < 1.29 is 18.0 Å². The van der Waals surface area contributed by atoms with Gasteiger partial charge in [0.15, 0.2) is 0 Å². The number of rotatable bonds is 12. The molecule has 0 heterocycles.